The Bertz CT molecular complexity index is 307. The fourth-order valence-corrected chi connectivity index (χ4v) is 1.22. The number of esters is 1. The molecule has 0 atom stereocenters. The van der Waals surface area contributed by atoms with Gasteiger partial charge in [0.25, 0.3) is 0 Å². The van der Waals surface area contributed by atoms with E-state index in [4.69, 9.17) is 4.74 Å². The zero-order valence-electron chi connectivity index (χ0n) is 11.3. The van der Waals surface area contributed by atoms with Gasteiger partial charge in [-0.3, -0.25) is 0 Å². The molecule has 0 rings (SSSR count). The maximum atomic E-state index is 11.5. The Morgan fingerprint density at radius 3 is 2.41 bits per heavy atom. The van der Waals surface area contributed by atoms with Crippen molar-refractivity contribution >= 4 is 5.97 Å². The number of ether oxygens (including phenoxy) is 1. The van der Waals surface area contributed by atoms with Crippen molar-refractivity contribution in [2.75, 3.05) is 6.61 Å². The predicted octanol–water partition coefficient (Wildman–Crippen LogP) is 4.19. The highest BCUT2D eigenvalue weighted by Crippen LogP contribution is 2.10. The Hall–Kier alpha value is -1.31. The summed E-state index contributed by atoms with van der Waals surface area (Å²) in [4.78, 5) is 11.5. The number of unbranched alkanes of at least 4 members (excludes halogenated alkanes) is 1. The van der Waals surface area contributed by atoms with Crippen LogP contribution in [0.3, 0.4) is 0 Å². The van der Waals surface area contributed by atoms with Crippen LogP contribution in [-0.4, -0.2) is 12.6 Å². The summed E-state index contributed by atoms with van der Waals surface area (Å²) in [7, 11) is 0. The van der Waals surface area contributed by atoms with Crippen molar-refractivity contribution in [3.8, 4) is 0 Å². The van der Waals surface area contributed by atoms with E-state index in [0.717, 1.165) is 36.8 Å². The average molecular weight is 236 g/mol. The van der Waals surface area contributed by atoms with E-state index in [1.165, 1.54) is 0 Å². The van der Waals surface area contributed by atoms with Crippen LogP contribution in [0.4, 0.5) is 0 Å². The molecule has 0 N–H and O–H groups in total. The molecule has 0 aliphatic heterocycles. The molecule has 0 unspecified atom stereocenters. The molecule has 0 aliphatic carbocycles. The minimum atomic E-state index is -0.219. The van der Waals surface area contributed by atoms with Gasteiger partial charge < -0.3 is 4.74 Å². The molecule has 0 spiro atoms. The minimum Gasteiger partial charge on any atom is -0.462 e. The zero-order valence-corrected chi connectivity index (χ0v) is 11.3. The third-order valence-corrected chi connectivity index (χ3v) is 2.68. The second-order valence-electron chi connectivity index (χ2n) is 4.44. The van der Waals surface area contributed by atoms with E-state index in [2.05, 4.69) is 13.2 Å². The van der Waals surface area contributed by atoms with E-state index in [9.17, 15) is 4.79 Å². The monoisotopic (exact) mass is 236 g/mol. The third-order valence-electron chi connectivity index (χ3n) is 2.68. The number of hydrogen-bond acceptors (Lipinski definition) is 2. The Labute approximate surface area is 105 Å². The molecule has 96 valence electrons. The lowest BCUT2D eigenvalue weighted by Gasteiger charge is -2.07. The first-order chi connectivity index (χ1) is 7.99. The molecule has 2 heteroatoms. The van der Waals surface area contributed by atoms with E-state index in [1.54, 1.807) is 6.92 Å². The molecular weight excluding hydrogens is 212 g/mol. The summed E-state index contributed by atoms with van der Waals surface area (Å²) in [5.74, 6) is -0.219. The summed E-state index contributed by atoms with van der Waals surface area (Å²) in [5, 5.41) is 0. The standard InChI is InChI=1S/C15H24O2/c1-6-7-8-9-13(4)10-11-17-15(16)14(5)12(2)3/h6H,1,4,7-11H2,2-3,5H3. The SMILES string of the molecule is C=CCCCC(=C)CCOC(=O)C(C)=C(C)C. The second-order valence-corrected chi connectivity index (χ2v) is 4.44. The van der Waals surface area contributed by atoms with Crippen molar-refractivity contribution in [3.05, 3.63) is 36.0 Å². The predicted molar refractivity (Wildman–Crippen MR) is 72.8 cm³/mol. The van der Waals surface area contributed by atoms with Crippen LogP contribution in [0, 0.1) is 0 Å². The van der Waals surface area contributed by atoms with E-state index < -0.39 is 0 Å². The molecule has 0 aromatic rings. The highest BCUT2D eigenvalue weighted by atomic mass is 16.5. The van der Waals surface area contributed by atoms with Crippen LogP contribution in [0.2, 0.25) is 0 Å². The van der Waals surface area contributed by atoms with Gasteiger partial charge in [-0.1, -0.05) is 23.8 Å². The molecule has 0 aromatic carbocycles. The molecule has 0 fully saturated rings. The highest BCUT2D eigenvalue weighted by molar-refractivity contribution is 5.88. The normalized spacial score (nSPS) is 9.59. The molecule has 0 aromatic heterocycles. The van der Waals surface area contributed by atoms with Crippen molar-refractivity contribution < 1.29 is 9.53 Å². The number of hydrogen-bond donors (Lipinski definition) is 0. The molecule has 0 aliphatic rings. The molecule has 0 saturated carbocycles. The van der Waals surface area contributed by atoms with Crippen molar-refractivity contribution in [3.63, 3.8) is 0 Å². The van der Waals surface area contributed by atoms with E-state index in [0.29, 0.717) is 12.2 Å². The van der Waals surface area contributed by atoms with Crippen LogP contribution in [0.15, 0.2) is 36.0 Å². The van der Waals surface area contributed by atoms with Gasteiger partial charge in [-0.25, -0.2) is 4.79 Å². The number of allylic oxidation sites excluding steroid dienone is 2. The Balaban J connectivity index is 3.77. The van der Waals surface area contributed by atoms with E-state index in [1.807, 2.05) is 19.9 Å². The van der Waals surface area contributed by atoms with Crippen LogP contribution < -0.4 is 0 Å². The van der Waals surface area contributed by atoms with Crippen molar-refractivity contribution in [1.82, 2.24) is 0 Å². The number of rotatable bonds is 8. The average Bonchev–Trinajstić information content (AvgIpc) is 2.28. The lowest BCUT2D eigenvalue weighted by atomic mass is 10.1. The maximum absolute atomic E-state index is 11.5. The van der Waals surface area contributed by atoms with Gasteiger partial charge in [0.15, 0.2) is 0 Å². The largest absolute Gasteiger partial charge is 0.462 e. The summed E-state index contributed by atoms with van der Waals surface area (Å²) in [6.07, 6.45) is 5.72. The number of carbonyl (C=O) groups is 1. The molecule has 0 amide bonds. The lowest BCUT2D eigenvalue weighted by Crippen LogP contribution is -2.08. The van der Waals surface area contributed by atoms with Gasteiger partial charge in [0.2, 0.25) is 0 Å². The lowest BCUT2D eigenvalue weighted by molar-refractivity contribution is -0.138. The summed E-state index contributed by atoms with van der Waals surface area (Å²) >= 11 is 0. The van der Waals surface area contributed by atoms with Gasteiger partial charge in [-0.05, 0) is 40.0 Å². The first-order valence-electron chi connectivity index (χ1n) is 6.07. The van der Waals surface area contributed by atoms with Gasteiger partial charge in [-0.15, -0.1) is 6.58 Å². The minimum absolute atomic E-state index is 0.219. The van der Waals surface area contributed by atoms with Gasteiger partial charge >= 0.3 is 5.97 Å². The number of carbonyl (C=O) groups excluding carboxylic acids is 1. The molecular formula is C15H24O2. The summed E-state index contributed by atoms with van der Waals surface area (Å²) < 4.78 is 5.16. The molecule has 17 heavy (non-hydrogen) atoms. The third kappa shape index (κ3) is 7.56. The topological polar surface area (TPSA) is 26.3 Å². The van der Waals surface area contributed by atoms with Crippen LogP contribution in [0.1, 0.15) is 46.5 Å². The first kappa shape index (κ1) is 15.7. The Morgan fingerprint density at radius 1 is 1.24 bits per heavy atom. The fraction of sp³-hybridized carbons (Fsp3) is 0.533. The van der Waals surface area contributed by atoms with Gasteiger partial charge in [0.1, 0.15) is 0 Å². The molecule has 0 saturated heterocycles. The van der Waals surface area contributed by atoms with Gasteiger partial charge in [0.05, 0.1) is 6.61 Å². The van der Waals surface area contributed by atoms with Crippen LogP contribution >= 0.6 is 0 Å². The second kappa shape index (κ2) is 8.80. The smallest absolute Gasteiger partial charge is 0.333 e. The van der Waals surface area contributed by atoms with Gasteiger partial charge in [0, 0.05) is 12.0 Å². The molecule has 0 radical (unpaired) electrons. The highest BCUT2D eigenvalue weighted by Gasteiger charge is 2.06. The van der Waals surface area contributed by atoms with E-state index >= 15 is 0 Å². The quantitative estimate of drug-likeness (QED) is 0.273. The van der Waals surface area contributed by atoms with Crippen LogP contribution in [0.25, 0.3) is 0 Å². The molecule has 0 heterocycles. The zero-order chi connectivity index (χ0) is 13.3. The summed E-state index contributed by atoms with van der Waals surface area (Å²) in [6.45, 7) is 13.7. The fourth-order valence-electron chi connectivity index (χ4n) is 1.22. The van der Waals surface area contributed by atoms with Crippen LogP contribution in [-0.2, 0) is 9.53 Å². The molecule has 0 bridgehead atoms. The molecule has 2 nitrogen and oxygen atoms in total. The first-order valence-corrected chi connectivity index (χ1v) is 6.07. The van der Waals surface area contributed by atoms with Crippen molar-refractivity contribution in [2.45, 2.75) is 46.5 Å². The van der Waals surface area contributed by atoms with Crippen molar-refractivity contribution in [2.24, 2.45) is 0 Å². The Morgan fingerprint density at radius 2 is 1.88 bits per heavy atom. The summed E-state index contributed by atoms with van der Waals surface area (Å²) in [6, 6.07) is 0. The van der Waals surface area contributed by atoms with E-state index in [-0.39, 0.29) is 5.97 Å². The summed E-state index contributed by atoms with van der Waals surface area (Å²) in [5.41, 5.74) is 2.83. The maximum Gasteiger partial charge on any atom is 0.333 e. The Kier molecular flexibility index (Phi) is 8.12. The van der Waals surface area contributed by atoms with Crippen molar-refractivity contribution in [1.29, 1.82) is 0 Å². The van der Waals surface area contributed by atoms with Crippen LogP contribution in [0.5, 0.6) is 0 Å². The van der Waals surface area contributed by atoms with Gasteiger partial charge in [-0.2, -0.15) is 0 Å².